The molecule has 2 nitrogen and oxygen atoms in total. The summed E-state index contributed by atoms with van der Waals surface area (Å²) in [6.07, 6.45) is 5.84. The van der Waals surface area contributed by atoms with Crippen LogP contribution in [0.25, 0.3) is 0 Å². The van der Waals surface area contributed by atoms with Gasteiger partial charge in [0.25, 0.3) is 0 Å². The molecule has 0 bridgehead atoms. The molecule has 0 saturated carbocycles. The second kappa shape index (κ2) is 4.11. The number of hydrogen-bond donors (Lipinski definition) is 1. The van der Waals surface area contributed by atoms with Gasteiger partial charge in [-0.15, -0.1) is 0 Å². The summed E-state index contributed by atoms with van der Waals surface area (Å²) in [5.74, 6) is 1.52. The van der Waals surface area contributed by atoms with Crippen LogP contribution in [-0.2, 0) is 4.84 Å². The molecule has 2 rings (SSSR count). The number of hydrogen-bond acceptors (Lipinski definition) is 2. The van der Waals surface area contributed by atoms with Gasteiger partial charge in [0.05, 0.1) is 6.61 Å². The normalized spacial score (nSPS) is 40.5. The lowest BCUT2D eigenvalue weighted by atomic mass is 9.79. The van der Waals surface area contributed by atoms with Crippen molar-refractivity contribution >= 4 is 15.9 Å². The summed E-state index contributed by atoms with van der Waals surface area (Å²) in [5, 5.41) is 0. The first kappa shape index (κ1) is 9.69. The molecule has 1 heterocycles. The minimum absolute atomic E-state index is 0.576. The highest BCUT2D eigenvalue weighted by atomic mass is 79.9. The molecule has 3 heteroatoms. The van der Waals surface area contributed by atoms with Gasteiger partial charge in [-0.05, 0) is 35.6 Å². The molecule has 0 aromatic heterocycles. The fourth-order valence-corrected chi connectivity index (χ4v) is 3.01. The summed E-state index contributed by atoms with van der Waals surface area (Å²) >= 11 is 3.57. The molecule has 0 radical (unpaired) electrons. The van der Waals surface area contributed by atoms with Crippen LogP contribution in [0.5, 0.6) is 0 Å². The third kappa shape index (κ3) is 2.14. The monoisotopic (exact) mass is 245 g/mol. The lowest BCUT2D eigenvalue weighted by molar-refractivity contribution is 0.0701. The minimum Gasteiger partial charge on any atom is -0.301 e. The van der Waals surface area contributed by atoms with E-state index in [-0.39, 0.29) is 0 Å². The van der Waals surface area contributed by atoms with E-state index in [1.165, 1.54) is 23.7 Å². The molecular formula is C10H16BrNO. The summed E-state index contributed by atoms with van der Waals surface area (Å²) in [5.41, 5.74) is 3.13. The van der Waals surface area contributed by atoms with Gasteiger partial charge >= 0.3 is 0 Å². The molecule has 74 valence electrons. The van der Waals surface area contributed by atoms with Gasteiger partial charge in [-0.1, -0.05) is 28.9 Å². The number of rotatable bonds is 1. The Bertz CT molecular complexity index is 211. The van der Waals surface area contributed by atoms with Crippen molar-refractivity contribution in [2.24, 2.45) is 11.8 Å². The van der Waals surface area contributed by atoms with E-state index in [2.05, 4.69) is 34.4 Å². The summed E-state index contributed by atoms with van der Waals surface area (Å²) in [4.78, 5) is 5.20. The van der Waals surface area contributed by atoms with Crippen molar-refractivity contribution in [1.29, 1.82) is 0 Å². The van der Waals surface area contributed by atoms with E-state index in [0.29, 0.717) is 6.04 Å². The van der Waals surface area contributed by atoms with Crippen molar-refractivity contribution in [2.45, 2.75) is 32.2 Å². The number of halogens is 1. The summed E-state index contributed by atoms with van der Waals surface area (Å²) < 4.78 is 1.37. The van der Waals surface area contributed by atoms with Crippen LogP contribution in [0, 0.1) is 11.8 Å². The van der Waals surface area contributed by atoms with E-state index >= 15 is 0 Å². The Kier molecular flexibility index (Phi) is 3.06. The van der Waals surface area contributed by atoms with Crippen molar-refractivity contribution in [3.05, 3.63) is 10.6 Å². The molecule has 0 aromatic carbocycles. The molecule has 0 spiro atoms. The first-order valence-electron chi connectivity index (χ1n) is 4.99. The van der Waals surface area contributed by atoms with Crippen molar-refractivity contribution in [1.82, 2.24) is 5.48 Å². The Hall–Kier alpha value is 0.140. The minimum atomic E-state index is 0.576. The van der Waals surface area contributed by atoms with Crippen molar-refractivity contribution in [3.63, 3.8) is 0 Å². The smallest absolute Gasteiger partial charge is 0.0698 e. The molecule has 2 aliphatic rings. The molecule has 0 amide bonds. The average Bonchev–Trinajstić information content (AvgIpc) is 2.56. The fraction of sp³-hybridized carbons (Fsp3) is 0.800. The predicted octanol–water partition coefficient (Wildman–Crippen LogP) is 2.60. The maximum absolute atomic E-state index is 5.20. The Labute approximate surface area is 87.8 Å². The highest BCUT2D eigenvalue weighted by molar-refractivity contribution is 9.11. The van der Waals surface area contributed by atoms with Gasteiger partial charge in [0.15, 0.2) is 0 Å². The van der Waals surface area contributed by atoms with E-state index in [0.717, 1.165) is 18.4 Å². The molecule has 2 unspecified atom stereocenters. The van der Waals surface area contributed by atoms with E-state index in [4.69, 9.17) is 4.84 Å². The van der Waals surface area contributed by atoms with Crippen LogP contribution < -0.4 is 5.48 Å². The van der Waals surface area contributed by atoms with E-state index in [1.807, 2.05) is 0 Å². The number of allylic oxidation sites excluding steroid dienone is 2. The molecule has 3 atom stereocenters. The summed E-state index contributed by atoms with van der Waals surface area (Å²) in [6.45, 7) is 3.21. The lowest BCUT2D eigenvalue weighted by Gasteiger charge is -2.31. The Morgan fingerprint density at radius 3 is 3.08 bits per heavy atom. The highest BCUT2D eigenvalue weighted by Crippen LogP contribution is 2.35. The van der Waals surface area contributed by atoms with Gasteiger partial charge < -0.3 is 4.84 Å². The van der Waals surface area contributed by atoms with Gasteiger partial charge in [-0.25, -0.2) is 0 Å². The zero-order valence-electron chi connectivity index (χ0n) is 7.92. The molecule has 1 N–H and O–H groups in total. The second-order valence-corrected chi connectivity index (χ2v) is 5.11. The predicted molar refractivity (Wildman–Crippen MR) is 56.4 cm³/mol. The molecule has 13 heavy (non-hydrogen) atoms. The molecule has 1 saturated heterocycles. The van der Waals surface area contributed by atoms with Crippen LogP contribution >= 0.6 is 15.9 Å². The maximum Gasteiger partial charge on any atom is 0.0698 e. The SMILES string of the molecule is CC1CC(Br)=CCC1[C@@H]1CCON1. The van der Waals surface area contributed by atoms with Crippen LogP contribution in [0.3, 0.4) is 0 Å². The second-order valence-electron chi connectivity index (χ2n) is 4.09. The van der Waals surface area contributed by atoms with Gasteiger partial charge in [0.1, 0.15) is 0 Å². The van der Waals surface area contributed by atoms with Crippen molar-refractivity contribution < 1.29 is 4.84 Å². The first-order chi connectivity index (χ1) is 6.27. The zero-order valence-corrected chi connectivity index (χ0v) is 9.51. The van der Waals surface area contributed by atoms with Gasteiger partial charge in [-0.3, -0.25) is 0 Å². The molecular weight excluding hydrogens is 230 g/mol. The molecule has 1 aliphatic heterocycles. The molecule has 1 fully saturated rings. The van der Waals surface area contributed by atoms with Crippen LogP contribution in [0.2, 0.25) is 0 Å². The quantitative estimate of drug-likeness (QED) is 0.767. The van der Waals surface area contributed by atoms with E-state index in [1.54, 1.807) is 0 Å². The van der Waals surface area contributed by atoms with E-state index < -0.39 is 0 Å². The number of hydroxylamine groups is 1. The molecule has 0 aromatic rings. The third-order valence-electron chi connectivity index (χ3n) is 3.14. The van der Waals surface area contributed by atoms with Gasteiger partial charge in [0.2, 0.25) is 0 Å². The van der Waals surface area contributed by atoms with Gasteiger partial charge in [0, 0.05) is 6.04 Å². The Morgan fingerprint density at radius 2 is 2.46 bits per heavy atom. The van der Waals surface area contributed by atoms with Crippen LogP contribution in [0.4, 0.5) is 0 Å². The standard InChI is InChI=1S/C10H16BrNO/c1-7-6-8(11)2-3-9(7)10-4-5-13-12-10/h2,7,9-10,12H,3-6H2,1H3/t7?,9?,10-/m0/s1. The maximum atomic E-state index is 5.20. The van der Waals surface area contributed by atoms with Gasteiger partial charge in [-0.2, -0.15) is 5.48 Å². The largest absolute Gasteiger partial charge is 0.301 e. The molecule has 1 aliphatic carbocycles. The summed E-state index contributed by atoms with van der Waals surface area (Å²) in [7, 11) is 0. The summed E-state index contributed by atoms with van der Waals surface area (Å²) in [6, 6.07) is 0.576. The first-order valence-corrected chi connectivity index (χ1v) is 5.78. The Morgan fingerprint density at radius 1 is 1.62 bits per heavy atom. The topological polar surface area (TPSA) is 21.3 Å². The van der Waals surface area contributed by atoms with Crippen molar-refractivity contribution in [2.75, 3.05) is 6.61 Å². The average molecular weight is 246 g/mol. The Balaban J connectivity index is 1.99. The zero-order chi connectivity index (χ0) is 9.26. The van der Waals surface area contributed by atoms with Crippen molar-refractivity contribution in [3.8, 4) is 0 Å². The fourth-order valence-electron chi connectivity index (χ4n) is 2.31. The van der Waals surface area contributed by atoms with Crippen LogP contribution in [0.15, 0.2) is 10.6 Å². The van der Waals surface area contributed by atoms with E-state index in [9.17, 15) is 0 Å². The lowest BCUT2D eigenvalue weighted by Crippen LogP contribution is -2.34. The number of nitrogens with one attached hydrogen (secondary N) is 1. The van der Waals surface area contributed by atoms with Crippen LogP contribution in [0.1, 0.15) is 26.2 Å². The third-order valence-corrected chi connectivity index (χ3v) is 3.79. The highest BCUT2D eigenvalue weighted by Gasteiger charge is 2.31. The van der Waals surface area contributed by atoms with Crippen LogP contribution in [-0.4, -0.2) is 12.6 Å².